The van der Waals surface area contributed by atoms with Crippen LogP contribution >= 0.6 is 0 Å². The number of carbonyl (C=O) groups is 12. The van der Waals surface area contributed by atoms with E-state index in [1.165, 1.54) is 90.7 Å². The Kier molecular flexibility index (Phi) is 45.2. The molecule has 38 nitrogen and oxygen atoms in total. The number of amides is 15. The van der Waals surface area contributed by atoms with Gasteiger partial charge in [0.1, 0.15) is 23.0 Å². The number of ether oxygens (including phenoxy) is 7. The molecule has 11 aromatic rings. The number of nitrogens with zero attached hydrogens (tertiary/aromatic N) is 2. The van der Waals surface area contributed by atoms with Gasteiger partial charge in [-0.25, -0.2) is 45.7 Å². The molecule has 0 unspecified atom stereocenters. The quantitative estimate of drug-likeness (QED) is 0.00585. The van der Waals surface area contributed by atoms with Gasteiger partial charge in [-0.2, -0.15) is 0 Å². The van der Waals surface area contributed by atoms with E-state index in [9.17, 15) is 67.3 Å². The largest absolute Gasteiger partial charge is 0.494 e. The third-order valence-electron chi connectivity index (χ3n) is 20.6. The van der Waals surface area contributed by atoms with Gasteiger partial charge in [-0.05, 0) is 233 Å². The van der Waals surface area contributed by atoms with Crippen LogP contribution in [0.5, 0.6) is 34.5 Å². The minimum Gasteiger partial charge on any atom is -0.494 e. The number of hydrazine groups is 4. The lowest BCUT2D eigenvalue weighted by molar-refractivity contribution is -0.428. The first kappa shape index (κ1) is 110. The summed E-state index contributed by atoms with van der Waals surface area (Å²) in [7, 11) is 7.05. The molecule has 1 saturated carbocycles. The molecule has 38 heteroatoms. The Balaban J connectivity index is 0.000000219. The van der Waals surface area contributed by atoms with Crippen LogP contribution in [0.15, 0.2) is 267 Å². The summed E-state index contributed by atoms with van der Waals surface area (Å²) in [5.41, 5.74) is 28.0. The molecule has 0 radical (unpaired) electrons. The zero-order chi connectivity index (χ0) is 104. The van der Waals surface area contributed by atoms with Gasteiger partial charge in [0.25, 0.3) is 40.9 Å². The Hall–Kier alpha value is -18.0. The molecule has 15 amide bonds. The summed E-state index contributed by atoms with van der Waals surface area (Å²) in [5.74, 6) is 1.44. The molecule has 0 aliphatic heterocycles. The maximum Gasteiger partial charge on any atom is 0.337 e. The molecule has 0 saturated heterocycles. The predicted molar refractivity (Wildman–Crippen MR) is 544 cm³/mol. The van der Waals surface area contributed by atoms with Gasteiger partial charge in [-0.15, -0.1) is 0 Å². The average molecular weight is 1960 g/mol. The number of carbonyl (C=O) groups excluding carboxylic acids is 12. The minimum atomic E-state index is -0.663. The molecule has 748 valence electrons. The van der Waals surface area contributed by atoms with E-state index in [-0.39, 0.29) is 42.7 Å². The van der Waals surface area contributed by atoms with E-state index in [2.05, 4.69) is 108 Å². The second-order valence-corrected chi connectivity index (χ2v) is 31.9. The molecule has 1 aliphatic carbocycles. The van der Waals surface area contributed by atoms with Crippen molar-refractivity contribution in [3.8, 4) is 34.5 Å². The number of anilines is 5. The molecule has 12 rings (SSSR count). The summed E-state index contributed by atoms with van der Waals surface area (Å²) in [6.45, 7) is 17.4. The molecule has 0 aromatic heterocycles. The predicted octanol–water partition coefficient (Wildman–Crippen LogP) is 17.1. The Labute approximate surface area is 827 Å². The van der Waals surface area contributed by atoms with Gasteiger partial charge in [-0.1, -0.05) is 113 Å². The van der Waals surface area contributed by atoms with Gasteiger partial charge < -0.3 is 70.4 Å². The molecule has 11 aromatic carbocycles. The fourth-order valence-electron chi connectivity index (χ4n) is 12.8. The zero-order valence-electron chi connectivity index (χ0n) is 81.1. The average Bonchev–Trinajstić information content (AvgIpc) is 1.02. The van der Waals surface area contributed by atoms with Crippen molar-refractivity contribution >= 4 is 117 Å². The molecular formula is C105H119N17O21+2. The van der Waals surface area contributed by atoms with E-state index in [0.29, 0.717) is 137 Å². The van der Waals surface area contributed by atoms with Crippen molar-refractivity contribution in [1.82, 2.24) is 54.0 Å². The van der Waals surface area contributed by atoms with Gasteiger partial charge >= 0.3 is 30.2 Å². The third-order valence-corrected chi connectivity index (χ3v) is 20.6. The first-order chi connectivity index (χ1) is 68.8. The van der Waals surface area contributed by atoms with Crippen molar-refractivity contribution in [3.05, 3.63) is 333 Å². The van der Waals surface area contributed by atoms with Crippen LogP contribution < -0.4 is 109 Å². The number of para-hydroxylation sites is 1. The number of nitrogens with one attached hydrogen (secondary N) is 15. The van der Waals surface area contributed by atoms with Gasteiger partial charge in [-0.3, -0.25) is 55.3 Å². The molecule has 1 fully saturated rings. The summed E-state index contributed by atoms with van der Waals surface area (Å²) in [5, 5.41) is 18.1. The summed E-state index contributed by atoms with van der Waals surface area (Å²) >= 11 is 0. The van der Waals surface area contributed by atoms with Crippen LogP contribution in [0.4, 0.5) is 63.8 Å². The van der Waals surface area contributed by atoms with Crippen molar-refractivity contribution in [2.45, 2.75) is 92.6 Å². The Morgan fingerprint density at radius 3 is 1.34 bits per heavy atom. The van der Waals surface area contributed by atoms with Crippen LogP contribution in [0.2, 0.25) is 0 Å². The number of rotatable bonds is 34. The van der Waals surface area contributed by atoms with Gasteiger partial charge in [0.15, 0.2) is 37.2 Å². The summed E-state index contributed by atoms with van der Waals surface area (Å²) < 4.78 is 39.3. The number of hydrogen-bond acceptors (Lipinski definition) is 21. The highest BCUT2D eigenvalue weighted by atomic mass is 16.5. The van der Waals surface area contributed by atoms with Gasteiger partial charge in [0.05, 0.1) is 60.3 Å². The number of nitroso groups, excluding NO2 is 2. The fraction of sp³-hybridized carbons (Fsp3) is 0.238. The van der Waals surface area contributed by atoms with E-state index < -0.39 is 59.7 Å². The second kappa shape index (κ2) is 58.5. The lowest BCUT2D eigenvalue weighted by Gasteiger charge is -2.14. The Bertz CT molecular complexity index is 6020. The molecule has 0 bridgehead atoms. The third kappa shape index (κ3) is 38.8. The highest BCUT2D eigenvalue weighted by molar-refractivity contribution is 6.04. The van der Waals surface area contributed by atoms with Crippen LogP contribution in [0.1, 0.15) is 151 Å². The second-order valence-electron chi connectivity index (χ2n) is 31.9. The fourth-order valence-corrected chi connectivity index (χ4v) is 12.8. The summed E-state index contributed by atoms with van der Waals surface area (Å²) in [6, 6.07) is 69.9. The van der Waals surface area contributed by atoms with Crippen LogP contribution in [-0.2, 0) is 16.0 Å². The van der Waals surface area contributed by atoms with E-state index in [0.717, 1.165) is 53.7 Å². The summed E-state index contributed by atoms with van der Waals surface area (Å²) in [4.78, 5) is 167. The minimum absolute atomic E-state index is 0.0745. The molecule has 1 aliphatic rings. The number of methoxy groups -OCH3 is 3. The van der Waals surface area contributed by atoms with Crippen molar-refractivity contribution < 1.29 is 100 Å². The molecule has 0 heterocycles. The number of Topliss-reactive ketones (excluding diaryl/α,β-unsaturated/α-hetero) is 2. The van der Waals surface area contributed by atoms with Gasteiger partial charge in [0, 0.05) is 117 Å². The molecular weight excluding hydrogens is 1840 g/mol. The lowest BCUT2D eigenvalue weighted by Crippen LogP contribution is -2.44. The van der Waals surface area contributed by atoms with Crippen LogP contribution in [0, 0.1) is 29.6 Å². The normalized spacial score (nSPS) is 10.8. The van der Waals surface area contributed by atoms with Crippen molar-refractivity contribution in [2.75, 3.05) is 94.9 Å². The van der Waals surface area contributed by atoms with Crippen molar-refractivity contribution in [3.63, 3.8) is 0 Å². The van der Waals surface area contributed by atoms with Crippen molar-refractivity contribution in [1.29, 1.82) is 0 Å². The number of unbranched alkanes of at least 4 members (excludes halogenated alkanes) is 1. The smallest absolute Gasteiger partial charge is 0.337 e. The topological polar surface area (TPSA) is 490 Å². The van der Waals surface area contributed by atoms with Crippen LogP contribution in [0.3, 0.4) is 0 Å². The standard InChI is InChI=1S/C25H23N3O4.C22H27N3O4.C20H22N4O4.C20H25N3O3.C18H20N4O6/c29-22(15-18-7-3-1-4-8-18)16-26-24(31)20-13-11-19(12-14-20)23(30)17-27-25(32)28-21-9-5-2-6-10-21;1-4-6-15-29-20-13-9-18(10-14-20)21(26)24-25-22(27)23-19-11-7-17(8-12-19)16(3)28-5-2;1-24(27)16-6-4-5-15(13-16)21-20(26)23-22-19(25)14-9-11-18(12-10-14)28-17-7-2-3-8-17;1-13(2)12-26-17-10-8-16(9-11-17)19(24)22-23-20(25)21-18-7-5-6-14(3)15(18)4;1-22(25)13-7-5-12(6-8-13)19-18(24)21-20-17(23)11-9-14(26-2)16(28-4)15(10-11)27-3/h1-14H,15-17H2,(H,26,31)(H2,27,28,32);7-14H,3-6,15H2,1-2H3,(H,24,26)(H2,23,25,27);4-6,9-13,17H,2-3,7-8H2,1H3,(H2-,21,22,23,25,26);5-11,13H,12H2,1-4H3,(H,22,24)(H2,21,23,25);5-10H,1-4H3,(H2-,19,20,21,23,24,25)/p+2. The zero-order valence-corrected chi connectivity index (χ0v) is 81.1. The Morgan fingerprint density at radius 1 is 0.406 bits per heavy atom. The number of benzene rings is 11. The Morgan fingerprint density at radius 2 is 0.839 bits per heavy atom. The molecule has 0 atom stereocenters. The SMILES string of the molecule is C=C(OCC)c1ccc(NC(=O)NNC(=O)c2ccc(OCCCC)cc2)cc1.COc1cc(C(=O)NNC(=O)Nc2ccc([N+](C)=O)cc2)cc(OC)c1OC.C[N+](=O)c1cccc(NC(=O)NNC(=O)c2ccc(OC3CCCC3)cc2)c1.Cc1cccc(NC(=O)NNC(=O)c2ccc(OCC(C)C)cc2)c1C.O=C(CNC(=O)c1ccc(C(=O)CNC(=O)Nc2ccccc2)cc1)Cc1ccccc1. The highest BCUT2D eigenvalue weighted by Gasteiger charge is 2.22. The molecule has 143 heavy (non-hydrogen) atoms. The number of aryl methyl sites for hydroxylation is 1. The molecule has 0 spiro atoms. The maximum absolute atomic E-state index is 12.3. The maximum atomic E-state index is 12.3. The number of hydrogen-bond donors (Lipinski definition) is 15. The van der Waals surface area contributed by atoms with Crippen molar-refractivity contribution in [2.24, 2.45) is 5.92 Å². The summed E-state index contributed by atoms with van der Waals surface area (Å²) in [6.07, 6.45) is 7.05. The molecule has 15 N–H and O–H groups in total. The number of ketones is 2. The highest BCUT2D eigenvalue weighted by Crippen LogP contribution is 2.38. The number of urea groups is 5. The first-order valence-electron chi connectivity index (χ1n) is 45.4. The first-order valence-corrected chi connectivity index (χ1v) is 45.4. The van der Waals surface area contributed by atoms with E-state index in [1.54, 1.807) is 170 Å². The lowest BCUT2D eigenvalue weighted by atomic mass is 10.1. The van der Waals surface area contributed by atoms with Crippen LogP contribution in [-0.4, -0.2) is 155 Å². The van der Waals surface area contributed by atoms with Crippen LogP contribution in [0.25, 0.3) is 5.76 Å². The van der Waals surface area contributed by atoms with E-state index >= 15 is 0 Å². The van der Waals surface area contributed by atoms with Gasteiger partial charge in [0.2, 0.25) is 5.75 Å². The van der Waals surface area contributed by atoms with E-state index in [4.69, 9.17) is 33.2 Å². The van der Waals surface area contributed by atoms with E-state index in [1.807, 2.05) is 69.3 Å². The monoisotopic (exact) mass is 1950 g/mol.